The molecule has 2 aliphatic heterocycles. The second-order valence-corrected chi connectivity index (χ2v) is 14.3. The van der Waals surface area contributed by atoms with Crippen molar-refractivity contribution in [3.63, 3.8) is 0 Å². The third-order valence-electron chi connectivity index (χ3n) is 9.78. The number of aliphatic hydroxyl groups is 1. The van der Waals surface area contributed by atoms with Gasteiger partial charge in [0, 0.05) is 55.1 Å². The SMILES string of the molecule is CC1CN(c2cc(-c3ccccc3Oc3ccc(N4CCCC(Oc5cc(-c6ccccc6O)nnc5N)C4)cc3)nnc2N)CCN1C(=O)C(C)(C)O. The average molecular weight is 732 g/mol. The number of para-hydroxylation sites is 2. The highest BCUT2D eigenvalue weighted by atomic mass is 16.5. The van der Waals surface area contributed by atoms with Crippen LogP contribution >= 0.6 is 0 Å². The minimum Gasteiger partial charge on any atom is -0.507 e. The summed E-state index contributed by atoms with van der Waals surface area (Å²) in [6, 6.07) is 26.0. The quantitative estimate of drug-likeness (QED) is 0.157. The summed E-state index contributed by atoms with van der Waals surface area (Å²) >= 11 is 0. The molecule has 0 aliphatic carbocycles. The predicted molar refractivity (Wildman–Crippen MR) is 207 cm³/mol. The molecule has 7 rings (SSSR count). The normalized spacial score (nSPS) is 17.7. The molecule has 280 valence electrons. The Labute approximate surface area is 314 Å². The van der Waals surface area contributed by atoms with E-state index in [2.05, 4.69) is 30.2 Å². The highest BCUT2D eigenvalue weighted by Crippen LogP contribution is 2.37. The molecular weight excluding hydrogens is 686 g/mol. The molecule has 2 atom stereocenters. The number of nitrogen functional groups attached to an aromatic ring is 2. The zero-order valence-corrected chi connectivity index (χ0v) is 30.6. The van der Waals surface area contributed by atoms with Crippen LogP contribution in [0.4, 0.5) is 23.0 Å². The Bertz CT molecular complexity index is 2120. The maximum atomic E-state index is 12.8. The van der Waals surface area contributed by atoms with Crippen LogP contribution in [0.5, 0.6) is 23.0 Å². The number of amides is 1. The van der Waals surface area contributed by atoms with Gasteiger partial charge in [-0.2, -0.15) is 0 Å². The predicted octanol–water partition coefficient (Wildman–Crippen LogP) is 5.12. The van der Waals surface area contributed by atoms with Crippen LogP contribution in [0, 0.1) is 0 Å². The highest BCUT2D eigenvalue weighted by Gasteiger charge is 2.36. The van der Waals surface area contributed by atoms with Crippen LogP contribution in [0.1, 0.15) is 33.6 Å². The number of hydrogen-bond acceptors (Lipinski definition) is 13. The number of rotatable bonds is 9. The summed E-state index contributed by atoms with van der Waals surface area (Å²) < 4.78 is 12.8. The third kappa shape index (κ3) is 7.78. The fourth-order valence-corrected chi connectivity index (χ4v) is 6.97. The van der Waals surface area contributed by atoms with Crippen molar-refractivity contribution in [2.75, 3.05) is 54.0 Å². The van der Waals surface area contributed by atoms with Crippen molar-refractivity contribution in [1.82, 2.24) is 25.3 Å². The number of nitrogens with two attached hydrogens (primary N) is 2. The summed E-state index contributed by atoms with van der Waals surface area (Å²) in [5.74, 6) is 2.01. The Balaban J connectivity index is 1.02. The van der Waals surface area contributed by atoms with Gasteiger partial charge in [-0.3, -0.25) is 4.79 Å². The monoisotopic (exact) mass is 731 g/mol. The Hall–Kier alpha value is -6.15. The molecule has 0 bridgehead atoms. The van der Waals surface area contributed by atoms with Crippen LogP contribution in [0.3, 0.4) is 0 Å². The molecule has 4 heterocycles. The molecule has 0 spiro atoms. The van der Waals surface area contributed by atoms with Gasteiger partial charge in [0.2, 0.25) is 0 Å². The van der Waals surface area contributed by atoms with Gasteiger partial charge in [-0.25, -0.2) is 0 Å². The molecule has 54 heavy (non-hydrogen) atoms. The molecule has 14 heteroatoms. The van der Waals surface area contributed by atoms with E-state index in [0.29, 0.717) is 66.2 Å². The zero-order chi connectivity index (χ0) is 38.0. The van der Waals surface area contributed by atoms with Gasteiger partial charge >= 0.3 is 0 Å². The average Bonchev–Trinajstić information content (AvgIpc) is 3.16. The van der Waals surface area contributed by atoms with Gasteiger partial charge in [0.05, 0.1) is 17.9 Å². The van der Waals surface area contributed by atoms with Gasteiger partial charge in [-0.05, 0) is 88.2 Å². The number of anilines is 4. The van der Waals surface area contributed by atoms with Crippen molar-refractivity contribution in [3.8, 4) is 45.5 Å². The molecule has 1 amide bonds. The first-order valence-electron chi connectivity index (χ1n) is 18.1. The summed E-state index contributed by atoms with van der Waals surface area (Å²) in [7, 11) is 0. The second-order valence-electron chi connectivity index (χ2n) is 14.3. The molecule has 0 saturated carbocycles. The Morgan fingerprint density at radius 2 is 1.48 bits per heavy atom. The van der Waals surface area contributed by atoms with Gasteiger partial charge in [0.15, 0.2) is 17.4 Å². The number of carbonyl (C=O) groups excluding carboxylic acids is 1. The summed E-state index contributed by atoms with van der Waals surface area (Å²) in [6.45, 7) is 8.01. The van der Waals surface area contributed by atoms with E-state index >= 15 is 0 Å². The number of piperazine rings is 1. The highest BCUT2D eigenvalue weighted by molar-refractivity contribution is 5.85. The molecule has 3 aromatic carbocycles. The summed E-state index contributed by atoms with van der Waals surface area (Å²) in [5.41, 5.74) is 15.2. The van der Waals surface area contributed by atoms with Gasteiger partial charge in [-0.1, -0.05) is 24.3 Å². The van der Waals surface area contributed by atoms with Gasteiger partial charge in [0.25, 0.3) is 5.91 Å². The van der Waals surface area contributed by atoms with E-state index in [1.165, 1.54) is 13.8 Å². The lowest BCUT2D eigenvalue weighted by Crippen LogP contribution is -2.58. The Morgan fingerprint density at radius 1 is 0.796 bits per heavy atom. The van der Waals surface area contributed by atoms with Crippen LogP contribution in [-0.2, 0) is 4.79 Å². The number of hydrogen-bond donors (Lipinski definition) is 4. The standard InChI is InChI=1S/C40H45N9O5/c1-25-23-48(19-20-49(25)39(51)40(2,3)52)33-21-31(43-45-37(33)41)30-11-5-7-13-35(30)53-27-16-14-26(15-17-27)47-18-8-9-28(24-47)54-36-22-32(44-46-38(36)42)29-10-4-6-12-34(29)50/h4-7,10-17,21-22,25,28,50,52H,8-9,18-20,23-24H2,1-3H3,(H2,41,45)(H2,42,46). The topological polar surface area (TPSA) is 189 Å². The number of nitrogens with zero attached hydrogens (tertiary/aromatic N) is 7. The summed E-state index contributed by atoms with van der Waals surface area (Å²) in [6.07, 6.45) is 1.66. The fraction of sp³-hybridized carbons (Fsp3) is 0.325. The van der Waals surface area contributed by atoms with Crippen LogP contribution in [0.15, 0.2) is 84.9 Å². The van der Waals surface area contributed by atoms with Crippen molar-refractivity contribution in [1.29, 1.82) is 0 Å². The number of carbonyl (C=O) groups is 1. The lowest BCUT2D eigenvalue weighted by molar-refractivity contribution is -0.150. The fourth-order valence-electron chi connectivity index (χ4n) is 6.97. The van der Waals surface area contributed by atoms with E-state index in [1.807, 2.05) is 67.6 Å². The third-order valence-corrected chi connectivity index (χ3v) is 9.78. The maximum absolute atomic E-state index is 12.8. The molecule has 2 aromatic heterocycles. The zero-order valence-electron chi connectivity index (χ0n) is 30.6. The minimum atomic E-state index is -1.44. The molecular formula is C40H45N9O5. The van der Waals surface area contributed by atoms with E-state index in [-0.39, 0.29) is 29.6 Å². The van der Waals surface area contributed by atoms with Gasteiger partial charge in [0.1, 0.15) is 34.6 Å². The van der Waals surface area contributed by atoms with Gasteiger partial charge in [-0.15, -0.1) is 20.4 Å². The number of ether oxygens (including phenoxy) is 2. The number of benzene rings is 3. The molecule has 14 nitrogen and oxygen atoms in total. The molecule has 2 aliphatic rings. The number of aromatic hydroxyl groups is 1. The van der Waals surface area contributed by atoms with E-state index in [1.54, 1.807) is 29.2 Å². The van der Waals surface area contributed by atoms with E-state index in [0.717, 1.165) is 36.3 Å². The molecule has 5 aromatic rings. The number of phenolic OH excluding ortho intramolecular Hbond substituents is 1. The first kappa shape index (κ1) is 36.2. The lowest BCUT2D eigenvalue weighted by Gasteiger charge is -2.42. The number of aromatic nitrogens is 4. The lowest BCUT2D eigenvalue weighted by atomic mass is 10.0. The van der Waals surface area contributed by atoms with Crippen molar-refractivity contribution in [3.05, 3.63) is 84.9 Å². The first-order valence-corrected chi connectivity index (χ1v) is 18.1. The second kappa shape index (κ2) is 15.1. The van der Waals surface area contributed by atoms with E-state index < -0.39 is 5.60 Å². The number of piperidine rings is 1. The van der Waals surface area contributed by atoms with Crippen LogP contribution in [0.25, 0.3) is 22.5 Å². The molecule has 0 radical (unpaired) electrons. The minimum absolute atomic E-state index is 0.107. The van der Waals surface area contributed by atoms with Crippen molar-refractivity contribution < 1.29 is 24.5 Å². The van der Waals surface area contributed by atoms with E-state index in [4.69, 9.17) is 20.9 Å². The summed E-state index contributed by atoms with van der Waals surface area (Å²) in [5, 5.41) is 37.5. The molecule has 2 saturated heterocycles. The molecule has 2 unspecified atom stereocenters. The van der Waals surface area contributed by atoms with Crippen molar-refractivity contribution in [2.24, 2.45) is 0 Å². The van der Waals surface area contributed by atoms with Crippen LogP contribution < -0.4 is 30.7 Å². The maximum Gasteiger partial charge on any atom is 0.254 e. The summed E-state index contributed by atoms with van der Waals surface area (Å²) in [4.78, 5) is 18.9. The van der Waals surface area contributed by atoms with Crippen molar-refractivity contribution >= 4 is 28.9 Å². The van der Waals surface area contributed by atoms with Crippen molar-refractivity contribution in [2.45, 2.75) is 51.4 Å². The largest absolute Gasteiger partial charge is 0.507 e. The molecule has 6 N–H and O–H groups in total. The first-order chi connectivity index (χ1) is 25.9. The number of phenols is 1. The van der Waals surface area contributed by atoms with Gasteiger partial charge < -0.3 is 45.9 Å². The van der Waals surface area contributed by atoms with Crippen LogP contribution in [0.2, 0.25) is 0 Å². The molecule has 2 fully saturated rings. The van der Waals surface area contributed by atoms with E-state index in [9.17, 15) is 15.0 Å². The Morgan fingerprint density at radius 3 is 2.20 bits per heavy atom. The smallest absolute Gasteiger partial charge is 0.254 e. The Kier molecular flexibility index (Phi) is 10.1. The van der Waals surface area contributed by atoms with Crippen LogP contribution in [-0.4, -0.2) is 91.9 Å².